The quantitative estimate of drug-likeness (QED) is 0.569. The lowest BCUT2D eigenvalue weighted by Gasteiger charge is -2.07. The van der Waals surface area contributed by atoms with Crippen molar-refractivity contribution in [1.82, 2.24) is 0 Å². The molecule has 3 atom stereocenters. The highest BCUT2D eigenvalue weighted by Gasteiger charge is 2.25. The van der Waals surface area contributed by atoms with Crippen molar-refractivity contribution >= 4 is 0 Å². The minimum Gasteiger partial charge on any atom is -0.376 e. The molecule has 70 valence electrons. The van der Waals surface area contributed by atoms with E-state index >= 15 is 0 Å². The minimum absolute atomic E-state index is 0.0734. The molecule has 4 heteroatoms. The fraction of sp³-hybridized carbons (Fsp3) is 1.00. The Labute approximate surface area is 71.7 Å². The summed E-state index contributed by atoms with van der Waals surface area (Å²) in [5.74, 6) is 0. The highest BCUT2D eigenvalue weighted by molar-refractivity contribution is 4.68. The molecule has 2 saturated heterocycles. The van der Waals surface area contributed by atoms with E-state index < -0.39 is 0 Å². The summed E-state index contributed by atoms with van der Waals surface area (Å²) in [6, 6.07) is 0. The van der Waals surface area contributed by atoms with Crippen LogP contribution in [0.15, 0.2) is 0 Å². The summed E-state index contributed by atoms with van der Waals surface area (Å²) in [5.41, 5.74) is 0. The van der Waals surface area contributed by atoms with Gasteiger partial charge in [-0.3, -0.25) is 0 Å². The second kappa shape index (κ2) is 3.70. The lowest BCUT2D eigenvalue weighted by Crippen LogP contribution is -2.19. The van der Waals surface area contributed by atoms with Crippen molar-refractivity contribution in [1.29, 1.82) is 0 Å². The first kappa shape index (κ1) is 8.44. The van der Waals surface area contributed by atoms with Crippen LogP contribution < -0.4 is 0 Å². The molecule has 0 aromatic carbocycles. The zero-order chi connectivity index (χ0) is 8.39. The molecule has 0 saturated carbocycles. The standard InChI is InChI=1S/C8H14O4/c1-6-10-5-8(12-6)3-9-2-7-4-11-7/h6-8H,2-5H2,1H3. The topological polar surface area (TPSA) is 40.2 Å². The van der Waals surface area contributed by atoms with Gasteiger partial charge in [-0.05, 0) is 6.92 Å². The Hall–Kier alpha value is -0.160. The average molecular weight is 174 g/mol. The van der Waals surface area contributed by atoms with Crippen LogP contribution in [0.4, 0.5) is 0 Å². The predicted molar refractivity (Wildman–Crippen MR) is 40.8 cm³/mol. The highest BCUT2D eigenvalue weighted by atomic mass is 16.7. The molecule has 2 heterocycles. The summed E-state index contributed by atoms with van der Waals surface area (Å²) in [6.45, 7) is 4.69. The Balaban J connectivity index is 1.54. The lowest BCUT2D eigenvalue weighted by molar-refractivity contribution is -0.0589. The van der Waals surface area contributed by atoms with Gasteiger partial charge in [0.25, 0.3) is 0 Å². The molecule has 0 aromatic heterocycles. The van der Waals surface area contributed by atoms with E-state index in [-0.39, 0.29) is 12.4 Å². The molecular formula is C8H14O4. The third kappa shape index (κ3) is 2.42. The van der Waals surface area contributed by atoms with Gasteiger partial charge < -0.3 is 18.9 Å². The number of hydrogen-bond acceptors (Lipinski definition) is 4. The molecule has 3 unspecified atom stereocenters. The van der Waals surface area contributed by atoms with Crippen LogP contribution in [0.3, 0.4) is 0 Å². The molecule has 2 fully saturated rings. The number of epoxide rings is 1. The van der Waals surface area contributed by atoms with Crippen molar-refractivity contribution in [3.05, 3.63) is 0 Å². The van der Waals surface area contributed by atoms with E-state index in [4.69, 9.17) is 18.9 Å². The van der Waals surface area contributed by atoms with E-state index in [0.29, 0.717) is 25.9 Å². The van der Waals surface area contributed by atoms with Crippen LogP contribution >= 0.6 is 0 Å². The summed E-state index contributed by atoms with van der Waals surface area (Å²) < 4.78 is 20.9. The van der Waals surface area contributed by atoms with E-state index in [2.05, 4.69) is 0 Å². The maximum absolute atomic E-state index is 5.38. The normalized spacial score (nSPS) is 40.2. The molecule has 0 amide bonds. The third-order valence-electron chi connectivity index (χ3n) is 1.91. The van der Waals surface area contributed by atoms with Gasteiger partial charge in [0.05, 0.1) is 26.4 Å². The fourth-order valence-corrected chi connectivity index (χ4v) is 1.18. The van der Waals surface area contributed by atoms with Crippen LogP contribution in [-0.2, 0) is 18.9 Å². The largest absolute Gasteiger partial charge is 0.376 e. The molecule has 0 radical (unpaired) electrons. The van der Waals surface area contributed by atoms with E-state index in [0.717, 1.165) is 6.61 Å². The molecule has 0 spiro atoms. The van der Waals surface area contributed by atoms with Crippen molar-refractivity contribution in [3.63, 3.8) is 0 Å². The maximum atomic E-state index is 5.38. The number of ether oxygens (including phenoxy) is 4. The first-order valence-corrected chi connectivity index (χ1v) is 4.31. The monoisotopic (exact) mass is 174 g/mol. The van der Waals surface area contributed by atoms with Gasteiger partial charge in [-0.2, -0.15) is 0 Å². The van der Waals surface area contributed by atoms with Crippen LogP contribution in [0.25, 0.3) is 0 Å². The van der Waals surface area contributed by atoms with Crippen molar-refractivity contribution < 1.29 is 18.9 Å². The first-order chi connectivity index (χ1) is 5.84. The molecule has 4 nitrogen and oxygen atoms in total. The molecule has 0 N–H and O–H groups in total. The Morgan fingerprint density at radius 3 is 2.42 bits per heavy atom. The molecule has 2 aliphatic rings. The zero-order valence-corrected chi connectivity index (χ0v) is 7.19. The second-order valence-corrected chi connectivity index (χ2v) is 3.15. The van der Waals surface area contributed by atoms with Gasteiger partial charge in [-0.15, -0.1) is 0 Å². The molecule has 0 aromatic rings. The average Bonchev–Trinajstić information content (AvgIpc) is 2.76. The summed E-state index contributed by atoms with van der Waals surface area (Å²) >= 11 is 0. The molecular weight excluding hydrogens is 160 g/mol. The van der Waals surface area contributed by atoms with Gasteiger partial charge in [0, 0.05) is 0 Å². The van der Waals surface area contributed by atoms with Crippen molar-refractivity contribution in [2.24, 2.45) is 0 Å². The number of rotatable bonds is 4. The second-order valence-electron chi connectivity index (χ2n) is 3.15. The van der Waals surface area contributed by atoms with Crippen LogP contribution in [0, 0.1) is 0 Å². The Bertz CT molecular complexity index is 146. The Morgan fingerprint density at radius 2 is 1.83 bits per heavy atom. The van der Waals surface area contributed by atoms with E-state index in [9.17, 15) is 0 Å². The van der Waals surface area contributed by atoms with Gasteiger partial charge in [-0.25, -0.2) is 0 Å². The summed E-state index contributed by atoms with van der Waals surface area (Å²) in [4.78, 5) is 0. The molecule has 2 rings (SSSR count). The van der Waals surface area contributed by atoms with E-state index in [1.54, 1.807) is 0 Å². The predicted octanol–water partition coefficient (Wildman–Crippen LogP) is 0.163. The Kier molecular flexibility index (Phi) is 2.60. The van der Waals surface area contributed by atoms with Crippen LogP contribution in [-0.4, -0.2) is 44.9 Å². The van der Waals surface area contributed by atoms with Crippen molar-refractivity contribution in [2.75, 3.05) is 26.4 Å². The van der Waals surface area contributed by atoms with Crippen LogP contribution in [0.2, 0.25) is 0 Å². The molecule has 2 aliphatic heterocycles. The van der Waals surface area contributed by atoms with Gasteiger partial charge in [0.15, 0.2) is 6.29 Å². The fourth-order valence-electron chi connectivity index (χ4n) is 1.18. The molecule has 12 heavy (non-hydrogen) atoms. The first-order valence-electron chi connectivity index (χ1n) is 4.31. The maximum Gasteiger partial charge on any atom is 0.155 e. The van der Waals surface area contributed by atoms with E-state index in [1.165, 1.54) is 0 Å². The summed E-state index contributed by atoms with van der Waals surface area (Å²) in [6.07, 6.45) is 0.374. The van der Waals surface area contributed by atoms with Crippen molar-refractivity contribution in [2.45, 2.75) is 25.4 Å². The smallest absolute Gasteiger partial charge is 0.155 e. The van der Waals surface area contributed by atoms with Gasteiger partial charge in [0.2, 0.25) is 0 Å². The number of hydrogen-bond donors (Lipinski definition) is 0. The summed E-state index contributed by atoms with van der Waals surface area (Å²) in [7, 11) is 0. The van der Waals surface area contributed by atoms with Gasteiger partial charge in [-0.1, -0.05) is 0 Å². The lowest BCUT2D eigenvalue weighted by atomic mass is 10.4. The highest BCUT2D eigenvalue weighted by Crippen LogP contribution is 2.13. The van der Waals surface area contributed by atoms with Gasteiger partial charge >= 0.3 is 0 Å². The molecule has 0 aliphatic carbocycles. The van der Waals surface area contributed by atoms with Crippen molar-refractivity contribution in [3.8, 4) is 0 Å². The molecule has 0 bridgehead atoms. The zero-order valence-electron chi connectivity index (χ0n) is 7.19. The third-order valence-corrected chi connectivity index (χ3v) is 1.91. The Morgan fingerprint density at radius 1 is 1.17 bits per heavy atom. The van der Waals surface area contributed by atoms with E-state index in [1.807, 2.05) is 6.92 Å². The minimum atomic E-state index is -0.0734. The SMILES string of the molecule is CC1OCC(COCC2CO2)O1. The summed E-state index contributed by atoms with van der Waals surface area (Å²) in [5, 5.41) is 0. The van der Waals surface area contributed by atoms with Crippen LogP contribution in [0.1, 0.15) is 6.92 Å². The van der Waals surface area contributed by atoms with Crippen LogP contribution in [0.5, 0.6) is 0 Å². The van der Waals surface area contributed by atoms with Gasteiger partial charge in [0.1, 0.15) is 12.2 Å².